The van der Waals surface area contributed by atoms with E-state index >= 15 is 0 Å². The first kappa shape index (κ1) is 12.4. The number of amides is 1. The van der Waals surface area contributed by atoms with E-state index in [1.807, 2.05) is 0 Å². The summed E-state index contributed by atoms with van der Waals surface area (Å²) in [6, 6.07) is 0. The van der Waals surface area contributed by atoms with E-state index in [9.17, 15) is 9.90 Å². The van der Waals surface area contributed by atoms with Gasteiger partial charge in [-0.1, -0.05) is 0 Å². The summed E-state index contributed by atoms with van der Waals surface area (Å²) < 4.78 is 5.40. The zero-order chi connectivity index (χ0) is 12.6. The summed E-state index contributed by atoms with van der Waals surface area (Å²) in [6.07, 6.45) is 6.90. The Labute approximate surface area is 108 Å². The number of hydrogen-bond acceptors (Lipinski definition) is 3. The van der Waals surface area contributed by atoms with E-state index < -0.39 is 0 Å². The molecule has 2 N–H and O–H groups in total. The number of nitrogens with one attached hydrogen (secondary N) is 1. The summed E-state index contributed by atoms with van der Waals surface area (Å²) in [6.45, 7) is 1.74. The first-order chi connectivity index (χ1) is 8.68. The van der Waals surface area contributed by atoms with Crippen molar-refractivity contribution < 1.29 is 14.6 Å². The molecular formula is C14H23NO3. The summed E-state index contributed by atoms with van der Waals surface area (Å²) in [7, 11) is 0. The van der Waals surface area contributed by atoms with Crippen LogP contribution in [0.4, 0.5) is 0 Å². The molecule has 2 saturated heterocycles. The molecule has 18 heavy (non-hydrogen) atoms. The highest BCUT2D eigenvalue weighted by molar-refractivity contribution is 5.86. The lowest BCUT2D eigenvalue weighted by Gasteiger charge is -2.38. The number of rotatable bonds is 1. The lowest BCUT2D eigenvalue weighted by Crippen LogP contribution is -2.44. The maximum atomic E-state index is 12.4. The Morgan fingerprint density at radius 1 is 1.22 bits per heavy atom. The molecular weight excluding hydrogens is 230 g/mol. The van der Waals surface area contributed by atoms with Crippen molar-refractivity contribution in [1.29, 1.82) is 0 Å². The van der Waals surface area contributed by atoms with Crippen LogP contribution in [0.25, 0.3) is 0 Å². The summed E-state index contributed by atoms with van der Waals surface area (Å²) in [4.78, 5) is 12.4. The van der Waals surface area contributed by atoms with Gasteiger partial charge in [0.05, 0.1) is 5.41 Å². The van der Waals surface area contributed by atoms with Crippen LogP contribution in [0.15, 0.2) is 0 Å². The zero-order valence-corrected chi connectivity index (χ0v) is 10.9. The number of hydrogen-bond donors (Lipinski definition) is 2. The maximum Gasteiger partial charge on any atom is 0.226 e. The fraction of sp³-hybridized carbons (Fsp3) is 0.929. The van der Waals surface area contributed by atoms with Gasteiger partial charge in [0, 0.05) is 25.4 Å². The van der Waals surface area contributed by atoms with Gasteiger partial charge >= 0.3 is 0 Å². The van der Waals surface area contributed by atoms with Crippen LogP contribution in [0, 0.1) is 11.3 Å². The third kappa shape index (κ3) is 1.95. The maximum absolute atomic E-state index is 12.4. The lowest BCUT2D eigenvalue weighted by molar-refractivity contribution is -0.132. The molecule has 0 aromatic rings. The largest absolute Gasteiger partial charge is 0.396 e. The Kier molecular flexibility index (Phi) is 3.10. The van der Waals surface area contributed by atoms with Gasteiger partial charge in [-0.3, -0.25) is 4.79 Å². The van der Waals surface area contributed by atoms with Crippen LogP contribution in [-0.2, 0) is 9.53 Å². The Bertz CT molecular complexity index is 328. The number of carbonyl (C=O) groups excluding carboxylic acids is 1. The third-order valence-electron chi connectivity index (χ3n) is 5.31. The Hall–Kier alpha value is -0.610. The molecule has 0 atom stereocenters. The van der Waals surface area contributed by atoms with Gasteiger partial charge in [0.15, 0.2) is 0 Å². The Morgan fingerprint density at radius 2 is 1.89 bits per heavy atom. The van der Waals surface area contributed by atoms with Crippen LogP contribution in [-0.4, -0.2) is 36.4 Å². The molecule has 2 aliphatic heterocycles. The van der Waals surface area contributed by atoms with Crippen molar-refractivity contribution in [1.82, 2.24) is 5.32 Å². The molecule has 3 aliphatic rings. The predicted octanol–water partition coefficient (Wildman–Crippen LogP) is 1.22. The average Bonchev–Trinajstić information content (AvgIpc) is 2.64. The number of carbonyl (C=O) groups is 1. The molecule has 2 heterocycles. The first-order valence-electron chi connectivity index (χ1n) is 7.19. The van der Waals surface area contributed by atoms with E-state index in [-0.39, 0.29) is 16.9 Å². The molecule has 4 heteroatoms. The van der Waals surface area contributed by atoms with Crippen molar-refractivity contribution in [2.75, 3.05) is 19.8 Å². The quantitative estimate of drug-likeness (QED) is 0.739. The highest BCUT2D eigenvalue weighted by Crippen LogP contribution is 2.49. The fourth-order valence-corrected chi connectivity index (χ4v) is 4.03. The average molecular weight is 253 g/mol. The standard InChI is InChI=1S/C14H23NO3/c16-9-11-1-3-14(4-2-11)10-13(12(17)15-14)5-7-18-8-6-13/h11,16H,1-10H2,(H,15,17)/t11-,14-. The Balaban J connectivity index is 1.71. The van der Waals surface area contributed by atoms with Crippen LogP contribution in [0.5, 0.6) is 0 Å². The smallest absolute Gasteiger partial charge is 0.226 e. The molecule has 2 spiro atoms. The molecule has 1 amide bonds. The normalized spacial score (nSPS) is 39.2. The lowest BCUT2D eigenvalue weighted by atomic mass is 9.69. The van der Waals surface area contributed by atoms with Gasteiger partial charge in [-0.05, 0) is 50.9 Å². The van der Waals surface area contributed by atoms with Crippen molar-refractivity contribution in [3.63, 3.8) is 0 Å². The second kappa shape index (κ2) is 4.49. The van der Waals surface area contributed by atoms with Crippen LogP contribution in [0.3, 0.4) is 0 Å². The fourth-order valence-electron chi connectivity index (χ4n) is 4.03. The van der Waals surface area contributed by atoms with Crippen LogP contribution < -0.4 is 5.32 Å². The molecule has 0 unspecified atom stereocenters. The van der Waals surface area contributed by atoms with E-state index in [0.717, 1.165) is 58.2 Å². The van der Waals surface area contributed by atoms with E-state index in [2.05, 4.69) is 5.32 Å². The minimum Gasteiger partial charge on any atom is -0.396 e. The van der Waals surface area contributed by atoms with E-state index in [4.69, 9.17) is 4.74 Å². The second-order valence-corrected chi connectivity index (χ2v) is 6.43. The molecule has 0 aromatic heterocycles. The van der Waals surface area contributed by atoms with Gasteiger partial charge in [-0.15, -0.1) is 0 Å². The molecule has 3 fully saturated rings. The Morgan fingerprint density at radius 3 is 2.50 bits per heavy atom. The van der Waals surface area contributed by atoms with E-state index in [1.165, 1.54) is 0 Å². The zero-order valence-electron chi connectivity index (χ0n) is 10.9. The van der Waals surface area contributed by atoms with Crippen LogP contribution in [0.1, 0.15) is 44.9 Å². The molecule has 0 radical (unpaired) electrons. The SMILES string of the molecule is O=C1N[C@]2(CC[C@H](CO)CC2)CC12CCOCC2. The monoisotopic (exact) mass is 253 g/mol. The van der Waals surface area contributed by atoms with E-state index in [0.29, 0.717) is 12.5 Å². The van der Waals surface area contributed by atoms with Gasteiger partial charge in [-0.2, -0.15) is 0 Å². The molecule has 1 aliphatic carbocycles. The number of ether oxygens (including phenoxy) is 1. The summed E-state index contributed by atoms with van der Waals surface area (Å²) in [5, 5.41) is 12.5. The highest BCUT2D eigenvalue weighted by atomic mass is 16.5. The van der Waals surface area contributed by atoms with Crippen molar-refractivity contribution >= 4 is 5.91 Å². The van der Waals surface area contributed by atoms with Gasteiger partial charge in [0.2, 0.25) is 5.91 Å². The number of aliphatic hydroxyl groups excluding tert-OH is 1. The van der Waals surface area contributed by atoms with Crippen LogP contribution in [0.2, 0.25) is 0 Å². The second-order valence-electron chi connectivity index (χ2n) is 6.43. The van der Waals surface area contributed by atoms with Gasteiger partial charge in [-0.25, -0.2) is 0 Å². The van der Waals surface area contributed by atoms with E-state index in [1.54, 1.807) is 0 Å². The molecule has 4 nitrogen and oxygen atoms in total. The van der Waals surface area contributed by atoms with Crippen molar-refractivity contribution in [3.8, 4) is 0 Å². The minimum absolute atomic E-state index is 0.0279. The van der Waals surface area contributed by atoms with Crippen molar-refractivity contribution in [2.45, 2.75) is 50.5 Å². The highest BCUT2D eigenvalue weighted by Gasteiger charge is 2.54. The van der Waals surface area contributed by atoms with Gasteiger partial charge in [0.1, 0.15) is 0 Å². The van der Waals surface area contributed by atoms with Crippen molar-refractivity contribution in [2.24, 2.45) is 11.3 Å². The summed E-state index contributed by atoms with van der Waals surface area (Å²) in [5.74, 6) is 0.701. The van der Waals surface area contributed by atoms with Gasteiger partial charge < -0.3 is 15.2 Å². The summed E-state index contributed by atoms with van der Waals surface area (Å²) in [5.41, 5.74) is -0.121. The van der Waals surface area contributed by atoms with Crippen LogP contribution >= 0.6 is 0 Å². The molecule has 0 aromatic carbocycles. The molecule has 3 rings (SSSR count). The third-order valence-corrected chi connectivity index (χ3v) is 5.31. The van der Waals surface area contributed by atoms with Crippen molar-refractivity contribution in [3.05, 3.63) is 0 Å². The van der Waals surface area contributed by atoms with Gasteiger partial charge in [0.25, 0.3) is 0 Å². The first-order valence-corrected chi connectivity index (χ1v) is 7.19. The predicted molar refractivity (Wildman–Crippen MR) is 67.0 cm³/mol. The number of aliphatic hydroxyl groups is 1. The topological polar surface area (TPSA) is 58.6 Å². The molecule has 0 bridgehead atoms. The molecule has 1 saturated carbocycles. The minimum atomic E-state index is -0.149. The molecule has 102 valence electrons. The summed E-state index contributed by atoms with van der Waals surface area (Å²) >= 11 is 0.